The third kappa shape index (κ3) is 2.69. The molecule has 4 aromatic heterocycles. The number of fused-ring (bicyclic) bond motifs is 1. The van der Waals surface area contributed by atoms with Gasteiger partial charge in [0.1, 0.15) is 11.5 Å². The lowest BCUT2D eigenvalue weighted by Gasteiger charge is -2.11. The van der Waals surface area contributed by atoms with E-state index in [9.17, 15) is 4.39 Å². The van der Waals surface area contributed by atoms with Crippen LogP contribution in [0.15, 0.2) is 67.6 Å². The van der Waals surface area contributed by atoms with E-state index in [2.05, 4.69) is 29.5 Å². The highest BCUT2D eigenvalue weighted by Gasteiger charge is 2.18. The van der Waals surface area contributed by atoms with Crippen LogP contribution in [0.25, 0.3) is 33.5 Å². The van der Waals surface area contributed by atoms with Gasteiger partial charge in [0.2, 0.25) is 0 Å². The number of nitrogens with one attached hydrogen (secondary N) is 2. The Morgan fingerprint density at radius 3 is 2.70 bits per heavy atom. The monoisotopic (exact) mass is 358 g/mol. The van der Waals surface area contributed by atoms with E-state index < -0.39 is 0 Å². The summed E-state index contributed by atoms with van der Waals surface area (Å²) < 4.78 is 15.5. The molecular formula is C20H15FN6. The largest absolute Gasteiger partial charge is 0.351 e. The third-order valence-corrected chi connectivity index (χ3v) is 4.56. The van der Waals surface area contributed by atoms with Crippen molar-refractivity contribution in [3.63, 3.8) is 0 Å². The van der Waals surface area contributed by atoms with E-state index in [-0.39, 0.29) is 5.82 Å². The molecule has 0 unspecified atom stereocenters. The molecule has 7 heteroatoms. The van der Waals surface area contributed by atoms with Crippen LogP contribution in [0.4, 0.5) is 4.39 Å². The van der Waals surface area contributed by atoms with E-state index >= 15 is 0 Å². The number of nitrogens with zero attached hydrogens (tertiary/aromatic N) is 4. The highest BCUT2D eigenvalue weighted by atomic mass is 19.1. The van der Waals surface area contributed by atoms with E-state index in [1.807, 2.05) is 24.5 Å². The van der Waals surface area contributed by atoms with Gasteiger partial charge in [-0.3, -0.25) is 0 Å². The summed E-state index contributed by atoms with van der Waals surface area (Å²) in [5.41, 5.74) is 5.31. The van der Waals surface area contributed by atoms with Crippen molar-refractivity contribution >= 4 is 11.0 Å². The first kappa shape index (κ1) is 15.5. The topological polar surface area (TPSA) is 75.2 Å². The summed E-state index contributed by atoms with van der Waals surface area (Å²) >= 11 is 0. The Bertz CT molecular complexity index is 1200. The van der Waals surface area contributed by atoms with Crippen molar-refractivity contribution in [3.8, 4) is 22.5 Å². The predicted octanol–water partition coefficient (Wildman–Crippen LogP) is 4.00. The number of H-pyrrole nitrogens is 2. The Hall–Kier alpha value is -3.74. The van der Waals surface area contributed by atoms with Crippen molar-refractivity contribution in [1.82, 2.24) is 29.5 Å². The minimum absolute atomic E-state index is 0.270. The van der Waals surface area contributed by atoms with Gasteiger partial charge in [0, 0.05) is 35.1 Å². The number of rotatable bonds is 4. The SMILES string of the molecule is Fc1ccc(-c2ncn(Cc3c[nH]cn3)c2-c2ccnc3[nH]ccc23)cc1. The second kappa shape index (κ2) is 6.21. The van der Waals surface area contributed by atoms with Crippen molar-refractivity contribution in [3.05, 3.63) is 79.2 Å². The number of pyridine rings is 1. The molecule has 2 N–H and O–H groups in total. The van der Waals surface area contributed by atoms with Gasteiger partial charge in [0.05, 0.1) is 36.3 Å². The second-order valence-corrected chi connectivity index (χ2v) is 6.24. The molecule has 0 aliphatic heterocycles. The molecule has 0 amide bonds. The summed E-state index contributed by atoms with van der Waals surface area (Å²) in [5, 5.41) is 1.00. The van der Waals surface area contributed by atoms with Crippen LogP contribution < -0.4 is 0 Å². The molecule has 1 aromatic carbocycles. The van der Waals surface area contributed by atoms with Gasteiger partial charge in [-0.15, -0.1) is 0 Å². The average molecular weight is 358 g/mol. The maximum atomic E-state index is 13.4. The molecule has 0 saturated carbocycles. The molecule has 0 spiro atoms. The number of hydrogen-bond acceptors (Lipinski definition) is 3. The van der Waals surface area contributed by atoms with Crippen LogP contribution in [0.2, 0.25) is 0 Å². The lowest BCUT2D eigenvalue weighted by atomic mass is 10.0. The molecule has 132 valence electrons. The Balaban J connectivity index is 1.74. The normalized spacial score (nSPS) is 11.3. The first-order valence-electron chi connectivity index (χ1n) is 8.51. The fraction of sp³-hybridized carbons (Fsp3) is 0.0500. The molecule has 5 rings (SSSR count). The standard InChI is InChI=1S/C20H15FN6/c21-14-3-1-13(2-4-14)18-19(16-5-7-23-20-17(16)6-8-24-20)27(12-26-18)10-15-9-22-11-25-15/h1-9,11-12H,10H2,(H,22,25)(H,23,24). The zero-order valence-electron chi connectivity index (χ0n) is 14.2. The van der Waals surface area contributed by atoms with Gasteiger partial charge >= 0.3 is 0 Å². The number of benzene rings is 1. The zero-order chi connectivity index (χ0) is 18.2. The Kier molecular flexibility index (Phi) is 3.57. The molecule has 0 saturated heterocycles. The van der Waals surface area contributed by atoms with Gasteiger partial charge in [0.25, 0.3) is 0 Å². The molecule has 0 aliphatic carbocycles. The highest BCUT2D eigenvalue weighted by Crippen LogP contribution is 2.35. The van der Waals surface area contributed by atoms with Crippen molar-refractivity contribution in [2.24, 2.45) is 0 Å². The highest BCUT2D eigenvalue weighted by molar-refractivity contribution is 5.95. The molecular weight excluding hydrogens is 343 g/mol. The van der Waals surface area contributed by atoms with Gasteiger partial charge in [0.15, 0.2) is 0 Å². The lowest BCUT2D eigenvalue weighted by Crippen LogP contribution is -2.01. The number of imidazole rings is 2. The summed E-state index contributed by atoms with van der Waals surface area (Å²) in [5.74, 6) is -0.270. The predicted molar refractivity (Wildman–Crippen MR) is 100 cm³/mol. The van der Waals surface area contributed by atoms with Crippen LogP contribution in [0, 0.1) is 5.82 Å². The van der Waals surface area contributed by atoms with Crippen LogP contribution in [0.5, 0.6) is 0 Å². The van der Waals surface area contributed by atoms with Gasteiger partial charge in [-0.2, -0.15) is 0 Å². The molecule has 0 aliphatic rings. The van der Waals surface area contributed by atoms with Gasteiger partial charge in [-0.25, -0.2) is 19.3 Å². The number of halogens is 1. The first-order chi connectivity index (χ1) is 13.3. The smallest absolute Gasteiger partial charge is 0.137 e. The summed E-state index contributed by atoms with van der Waals surface area (Å²) in [7, 11) is 0. The van der Waals surface area contributed by atoms with E-state index in [0.717, 1.165) is 39.2 Å². The minimum atomic E-state index is -0.270. The number of hydrogen-bond donors (Lipinski definition) is 2. The minimum Gasteiger partial charge on any atom is -0.351 e. The Labute approximate surface area is 153 Å². The Morgan fingerprint density at radius 1 is 1.00 bits per heavy atom. The summed E-state index contributed by atoms with van der Waals surface area (Å²) in [6.45, 7) is 0.571. The third-order valence-electron chi connectivity index (χ3n) is 4.56. The first-order valence-corrected chi connectivity index (χ1v) is 8.51. The molecule has 0 fully saturated rings. The van der Waals surface area contributed by atoms with Crippen LogP contribution in [-0.2, 0) is 6.54 Å². The van der Waals surface area contributed by atoms with Crippen molar-refractivity contribution < 1.29 is 4.39 Å². The maximum Gasteiger partial charge on any atom is 0.137 e. The number of aromatic amines is 2. The molecule has 5 aromatic rings. The van der Waals surface area contributed by atoms with Crippen LogP contribution in [0.1, 0.15) is 5.69 Å². The van der Waals surface area contributed by atoms with Crippen molar-refractivity contribution in [1.29, 1.82) is 0 Å². The molecule has 27 heavy (non-hydrogen) atoms. The van der Waals surface area contributed by atoms with E-state index in [1.54, 1.807) is 31.0 Å². The quantitative estimate of drug-likeness (QED) is 0.510. The summed E-state index contributed by atoms with van der Waals surface area (Å²) in [6, 6.07) is 10.4. The van der Waals surface area contributed by atoms with Gasteiger partial charge in [-0.1, -0.05) is 0 Å². The van der Waals surface area contributed by atoms with Gasteiger partial charge < -0.3 is 14.5 Å². The lowest BCUT2D eigenvalue weighted by molar-refractivity contribution is 0.628. The van der Waals surface area contributed by atoms with E-state index in [0.29, 0.717) is 6.54 Å². The molecule has 4 heterocycles. The molecule has 0 atom stereocenters. The van der Waals surface area contributed by atoms with Crippen LogP contribution in [0.3, 0.4) is 0 Å². The van der Waals surface area contributed by atoms with Crippen molar-refractivity contribution in [2.45, 2.75) is 6.54 Å². The summed E-state index contributed by atoms with van der Waals surface area (Å²) in [6.07, 6.45) is 8.95. The molecule has 6 nitrogen and oxygen atoms in total. The maximum absolute atomic E-state index is 13.4. The Morgan fingerprint density at radius 2 is 1.89 bits per heavy atom. The number of aromatic nitrogens is 6. The van der Waals surface area contributed by atoms with Crippen LogP contribution >= 0.6 is 0 Å². The molecule has 0 bridgehead atoms. The van der Waals surface area contributed by atoms with Crippen molar-refractivity contribution in [2.75, 3.05) is 0 Å². The average Bonchev–Trinajstić information content (AvgIpc) is 3.43. The fourth-order valence-corrected chi connectivity index (χ4v) is 3.32. The summed E-state index contributed by atoms with van der Waals surface area (Å²) in [4.78, 5) is 19.5. The van der Waals surface area contributed by atoms with Crippen LogP contribution in [-0.4, -0.2) is 29.5 Å². The van der Waals surface area contributed by atoms with E-state index in [4.69, 9.17) is 0 Å². The van der Waals surface area contributed by atoms with E-state index in [1.165, 1.54) is 12.1 Å². The van der Waals surface area contributed by atoms with Gasteiger partial charge in [-0.05, 0) is 36.4 Å². The fourth-order valence-electron chi connectivity index (χ4n) is 3.32. The zero-order valence-corrected chi connectivity index (χ0v) is 14.2. The molecule has 0 radical (unpaired) electrons. The second-order valence-electron chi connectivity index (χ2n) is 6.24.